The summed E-state index contributed by atoms with van der Waals surface area (Å²) in [6.07, 6.45) is -7.66. The molecule has 0 aliphatic carbocycles. The van der Waals surface area contributed by atoms with Crippen LogP contribution in [0.2, 0.25) is 0 Å². The van der Waals surface area contributed by atoms with Crippen molar-refractivity contribution in [1.82, 2.24) is 4.98 Å². The molecule has 90 valence electrons. The Morgan fingerprint density at radius 1 is 1.38 bits per heavy atom. The second-order valence-electron chi connectivity index (χ2n) is 2.89. The molecule has 1 aromatic heterocycles. The van der Waals surface area contributed by atoms with Crippen molar-refractivity contribution in [3.8, 4) is 0 Å². The summed E-state index contributed by atoms with van der Waals surface area (Å²) in [7, 11) is 0. The van der Waals surface area contributed by atoms with Crippen LogP contribution in [0.15, 0.2) is 6.07 Å². The summed E-state index contributed by atoms with van der Waals surface area (Å²) in [5, 5.41) is -0.299. The Bertz CT molecular complexity index is 391. The number of hydrogen-bond acceptors (Lipinski definition) is 2. The molecule has 2 N–H and O–H groups in total. The van der Waals surface area contributed by atoms with Gasteiger partial charge in [-0.1, -0.05) is 15.9 Å². The van der Waals surface area contributed by atoms with Crippen LogP contribution < -0.4 is 5.73 Å². The van der Waals surface area contributed by atoms with Gasteiger partial charge in [-0.3, -0.25) is 4.98 Å². The van der Waals surface area contributed by atoms with Crippen LogP contribution in [-0.2, 0) is 11.5 Å². The molecule has 0 amide bonds. The maximum Gasteiger partial charge on any atom is 0.420 e. The van der Waals surface area contributed by atoms with Gasteiger partial charge >= 0.3 is 6.18 Å². The molecule has 0 radical (unpaired) electrons. The highest BCUT2D eigenvalue weighted by atomic mass is 79.9. The third-order valence-corrected chi connectivity index (χ3v) is 2.31. The van der Waals surface area contributed by atoms with Crippen LogP contribution in [0.4, 0.5) is 27.6 Å². The number of nitrogen functional groups attached to an aromatic ring is 1. The topological polar surface area (TPSA) is 38.9 Å². The number of aromatic nitrogens is 1. The lowest BCUT2D eigenvalue weighted by atomic mass is 10.1. The van der Waals surface area contributed by atoms with Crippen molar-refractivity contribution in [3.05, 3.63) is 23.0 Å². The number of alkyl halides is 6. The first-order valence-corrected chi connectivity index (χ1v) is 5.10. The van der Waals surface area contributed by atoms with E-state index >= 15 is 0 Å². The predicted octanol–water partition coefficient (Wildman–Crippen LogP) is 3.52. The molecule has 8 heteroatoms. The molecular formula is C8H6BrF5N2. The van der Waals surface area contributed by atoms with Crippen molar-refractivity contribution in [2.45, 2.75) is 17.9 Å². The van der Waals surface area contributed by atoms with Crippen molar-refractivity contribution >= 4 is 21.6 Å². The normalized spacial score (nSPS) is 12.2. The van der Waals surface area contributed by atoms with Crippen molar-refractivity contribution in [2.24, 2.45) is 0 Å². The lowest BCUT2D eigenvalue weighted by Gasteiger charge is -2.14. The Labute approximate surface area is 95.8 Å². The minimum absolute atomic E-state index is 0.299. The minimum atomic E-state index is -4.71. The van der Waals surface area contributed by atoms with Crippen molar-refractivity contribution < 1.29 is 22.0 Å². The summed E-state index contributed by atoms with van der Waals surface area (Å²) < 4.78 is 62.1. The van der Waals surface area contributed by atoms with E-state index in [2.05, 4.69) is 20.9 Å². The molecule has 0 aliphatic heterocycles. The molecule has 1 heterocycles. The number of pyridine rings is 1. The molecular weight excluding hydrogens is 299 g/mol. The number of hydrogen-bond donors (Lipinski definition) is 1. The number of halogens is 6. The van der Waals surface area contributed by atoms with Crippen LogP contribution in [-0.4, -0.2) is 4.98 Å². The molecule has 0 atom stereocenters. The van der Waals surface area contributed by atoms with E-state index in [1.807, 2.05) is 0 Å². The van der Waals surface area contributed by atoms with Gasteiger partial charge in [0.1, 0.15) is 11.3 Å². The van der Waals surface area contributed by atoms with E-state index in [1.54, 1.807) is 0 Å². The van der Waals surface area contributed by atoms with Gasteiger partial charge in [0.15, 0.2) is 0 Å². The monoisotopic (exact) mass is 304 g/mol. The van der Waals surface area contributed by atoms with E-state index in [0.29, 0.717) is 6.07 Å². The van der Waals surface area contributed by atoms with Crippen LogP contribution in [0.1, 0.15) is 23.4 Å². The lowest BCUT2D eigenvalue weighted by molar-refractivity contribution is -0.137. The van der Waals surface area contributed by atoms with Gasteiger partial charge in [0.05, 0.1) is 5.69 Å². The molecule has 0 spiro atoms. The summed E-state index contributed by atoms with van der Waals surface area (Å²) in [6, 6.07) is 0.541. The first kappa shape index (κ1) is 13.1. The maximum atomic E-state index is 12.5. The van der Waals surface area contributed by atoms with Crippen molar-refractivity contribution in [1.29, 1.82) is 0 Å². The van der Waals surface area contributed by atoms with Crippen LogP contribution in [0.25, 0.3) is 0 Å². The lowest BCUT2D eigenvalue weighted by Crippen LogP contribution is -2.15. The van der Waals surface area contributed by atoms with Crippen molar-refractivity contribution in [3.63, 3.8) is 0 Å². The average molecular weight is 305 g/mol. The highest BCUT2D eigenvalue weighted by Crippen LogP contribution is 2.37. The smallest absolute Gasteiger partial charge is 0.398 e. The van der Waals surface area contributed by atoms with E-state index in [-0.39, 0.29) is 5.33 Å². The first-order chi connectivity index (χ1) is 7.27. The van der Waals surface area contributed by atoms with E-state index in [0.717, 1.165) is 0 Å². The van der Waals surface area contributed by atoms with Crippen LogP contribution in [0.3, 0.4) is 0 Å². The van der Waals surface area contributed by atoms with E-state index < -0.39 is 35.2 Å². The zero-order chi connectivity index (χ0) is 12.5. The van der Waals surface area contributed by atoms with Gasteiger partial charge in [-0.15, -0.1) is 0 Å². The molecule has 1 rings (SSSR count). The molecule has 0 saturated carbocycles. The molecule has 0 fully saturated rings. The summed E-state index contributed by atoms with van der Waals surface area (Å²) in [5.74, 6) is 0. The van der Waals surface area contributed by atoms with Crippen LogP contribution in [0.5, 0.6) is 0 Å². The Morgan fingerprint density at radius 3 is 2.31 bits per heavy atom. The van der Waals surface area contributed by atoms with Gasteiger partial charge < -0.3 is 5.73 Å². The van der Waals surface area contributed by atoms with Gasteiger partial charge in [-0.05, 0) is 6.07 Å². The Morgan fingerprint density at radius 2 is 1.94 bits per heavy atom. The third kappa shape index (κ3) is 2.60. The fourth-order valence-electron chi connectivity index (χ4n) is 1.18. The third-order valence-electron chi connectivity index (χ3n) is 1.78. The summed E-state index contributed by atoms with van der Waals surface area (Å²) in [4.78, 5) is 3.22. The van der Waals surface area contributed by atoms with E-state index in [1.165, 1.54) is 0 Å². The fourth-order valence-corrected chi connectivity index (χ4v) is 1.58. The van der Waals surface area contributed by atoms with Gasteiger partial charge in [0, 0.05) is 11.0 Å². The van der Waals surface area contributed by atoms with Gasteiger partial charge in [-0.25, -0.2) is 8.78 Å². The van der Waals surface area contributed by atoms with Gasteiger partial charge in [0.25, 0.3) is 6.43 Å². The van der Waals surface area contributed by atoms with E-state index in [9.17, 15) is 22.0 Å². The Balaban J connectivity index is 3.41. The van der Waals surface area contributed by atoms with E-state index in [4.69, 9.17) is 5.73 Å². The Hall–Kier alpha value is -0.920. The molecule has 0 saturated heterocycles. The zero-order valence-electron chi connectivity index (χ0n) is 7.65. The SMILES string of the molecule is Nc1cc(C(F)F)nc(CBr)c1C(F)(F)F. The molecule has 0 aliphatic rings. The number of nitrogens with two attached hydrogens (primary N) is 1. The summed E-state index contributed by atoms with van der Waals surface area (Å²) >= 11 is 2.76. The van der Waals surface area contributed by atoms with Gasteiger partial charge in [0.2, 0.25) is 0 Å². The van der Waals surface area contributed by atoms with Crippen LogP contribution >= 0.6 is 15.9 Å². The van der Waals surface area contributed by atoms with Gasteiger partial charge in [-0.2, -0.15) is 13.2 Å². The zero-order valence-corrected chi connectivity index (χ0v) is 9.24. The first-order valence-electron chi connectivity index (χ1n) is 3.98. The Kier molecular flexibility index (Phi) is 3.72. The molecule has 16 heavy (non-hydrogen) atoms. The largest absolute Gasteiger partial charge is 0.420 e. The van der Waals surface area contributed by atoms with Crippen molar-refractivity contribution in [2.75, 3.05) is 5.73 Å². The standard InChI is InChI=1S/C8H6BrF5N2/c9-2-5-6(8(12,13)14)3(15)1-4(16-5)7(10)11/h1,7H,2H2,(H2,15,16). The number of rotatable bonds is 2. The number of nitrogens with zero attached hydrogens (tertiary/aromatic N) is 1. The predicted molar refractivity (Wildman–Crippen MR) is 51.2 cm³/mol. The second kappa shape index (κ2) is 4.52. The maximum absolute atomic E-state index is 12.5. The number of anilines is 1. The fraction of sp³-hybridized carbons (Fsp3) is 0.375. The quantitative estimate of drug-likeness (QED) is 0.671. The molecule has 2 nitrogen and oxygen atoms in total. The highest BCUT2D eigenvalue weighted by molar-refractivity contribution is 9.08. The average Bonchev–Trinajstić information content (AvgIpc) is 2.14. The van der Waals surface area contributed by atoms with Crippen LogP contribution in [0, 0.1) is 0 Å². The second-order valence-corrected chi connectivity index (χ2v) is 3.45. The molecule has 0 aromatic carbocycles. The highest BCUT2D eigenvalue weighted by Gasteiger charge is 2.37. The molecule has 0 unspecified atom stereocenters. The molecule has 0 bridgehead atoms. The summed E-state index contributed by atoms with van der Waals surface area (Å²) in [5.41, 5.74) is 1.89. The minimum Gasteiger partial charge on any atom is -0.398 e. The molecule has 1 aromatic rings. The summed E-state index contributed by atoms with van der Waals surface area (Å²) in [6.45, 7) is 0.